The Morgan fingerprint density at radius 1 is 1.50 bits per heavy atom. The van der Waals surface area contributed by atoms with Gasteiger partial charge in [0.15, 0.2) is 5.82 Å². The molecule has 6 nitrogen and oxygen atoms in total. The Morgan fingerprint density at radius 2 is 2.19 bits per heavy atom. The first-order chi connectivity index (χ1) is 7.61. The molecule has 1 fully saturated rings. The van der Waals surface area contributed by atoms with Crippen LogP contribution in [0.1, 0.15) is 31.5 Å². The number of aliphatic hydroxyl groups is 1. The van der Waals surface area contributed by atoms with E-state index in [1.807, 2.05) is 0 Å². The molecule has 1 saturated carbocycles. The van der Waals surface area contributed by atoms with Crippen LogP contribution in [0.2, 0.25) is 0 Å². The topological polar surface area (TPSA) is 73.1 Å². The number of tetrazole rings is 1. The van der Waals surface area contributed by atoms with Crippen LogP contribution in [0.25, 0.3) is 0 Å². The van der Waals surface area contributed by atoms with Crippen molar-refractivity contribution in [2.45, 2.75) is 43.8 Å². The zero-order valence-electron chi connectivity index (χ0n) is 9.76. The quantitative estimate of drug-likeness (QED) is 0.789. The Labute approximate surface area is 94.6 Å². The second-order valence-corrected chi connectivity index (χ2v) is 4.53. The average molecular weight is 226 g/mol. The molecular weight excluding hydrogens is 208 g/mol. The van der Waals surface area contributed by atoms with E-state index in [9.17, 15) is 5.11 Å². The molecule has 1 heterocycles. The zero-order chi connectivity index (χ0) is 11.6. The smallest absolute Gasteiger partial charge is 0.177 e. The molecule has 6 heteroatoms. The monoisotopic (exact) mass is 226 g/mol. The fraction of sp³-hybridized carbons (Fsp3) is 0.900. The van der Waals surface area contributed by atoms with Crippen molar-refractivity contribution in [2.24, 2.45) is 7.05 Å². The van der Waals surface area contributed by atoms with Crippen molar-refractivity contribution in [3.63, 3.8) is 0 Å². The highest BCUT2D eigenvalue weighted by atomic mass is 16.5. The number of rotatable bonds is 3. The van der Waals surface area contributed by atoms with Crippen LogP contribution >= 0.6 is 0 Å². The molecule has 0 spiro atoms. The van der Waals surface area contributed by atoms with Crippen LogP contribution in [0.15, 0.2) is 0 Å². The molecule has 0 atom stereocenters. The van der Waals surface area contributed by atoms with Gasteiger partial charge in [-0.15, -0.1) is 10.2 Å². The summed E-state index contributed by atoms with van der Waals surface area (Å²) >= 11 is 0. The first-order valence-corrected chi connectivity index (χ1v) is 5.59. The van der Waals surface area contributed by atoms with Crippen LogP contribution in [0, 0.1) is 0 Å². The molecule has 1 aromatic heterocycles. The molecule has 2 rings (SSSR count). The molecule has 1 aliphatic carbocycles. The lowest BCUT2D eigenvalue weighted by atomic mass is 9.81. The van der Waals surface area contributed by atoms with Gasteiger partial charge < -0.3 is 9.84 Å². The van der Waals surface area contributed by atoms with Crippen molar-refractivity contribution in [1.29, 1.82) is 0 Å². The summed E-state index contributed by atoms with van der Waals surface area (Å²) in [6.45, 7) is 0. The van der Waals surface area contributed by atoms with Crippen molar-refractivity contribution in [3.8, 4) is 0 Å². The van der Waals surface area contributed by atoms with Crippen LogP contribution in [0.3, 0.4) is 0 Å². The molecular formula is C10H18N4O2. The van der Waals surface area contributed by atoms with Crippen LogP contribution < -0.4 is 0 Å². The number of nitrogens with zero attached hydrogens (tertiary/aromatic N) is 4. The van der Waals surface area contributed by atoms with E-state index in [0.29, 0.717) is 12.2 Å². The van der Waals surface area contributed by atoms with Crippen molar-refractivity contribution in [2.75, 3.05) is 7.11 Å². The molecule has 0 radical (unpaired) electrons. The van der Waals surface area contributed by atoms with Crippen molar-refractivity contribution in [3.05, 3.63) is 5.82 Å². The SMILES string of the molecule is COC1CCC(O)(Cc2nnn(C)n2)CC1. The van der Waals surface area contributed by atoms with Gasteiger partial charge in [-0.2, -0.15) is 4.80 Å². The Morgan fingerprint density at radius 3 is 2.69 bits per heavy atom. The van der Waals surface area contributed by atoms with Gasteiger partial charge in [-0.25, -0.2) is 0 Å². The summed E-state index contributed by atoms with van der Waals surface area (Å²) in [6.07, 6.45) is 4.04. The summed E-state index contributed by atoms with van der Waals surface area (Å²) < 4.78 is 5.28. The number of aryl methyl sites for hydroxylation is 1. The molecule has 90 valence electrons. The maximum atomic E-state index is 10.4. The van der Waals surface area contributed by atoms with Crippen molar-refractivity contribution in [1.82, 2.24) is 20.2 Å². The van der Waals surface area contributed by atoms with Gasteiger partial charge in [-0.05, 0) is 30.9 Å². The van der Waals surface area contributed by atoms with Crippen LogP contribution in [-0.2, 0) is 18.2 Å². The summed E-state index contributed by atoms with van der Waals surface area (Å²) in [7, 11) is 3.45. The minimum atomic E-state index is -0.682. The third-order valence-corrected chi connectivity index (χ3v) is 3.23. The number of methoxy groups -OCH3 is 1. The van der Waals surface area contributed by atoms with Gasteiger partial charge in [-0.1, -0.05) is 0 Å². The minimum Gasteiger partial charge on any atom is -0.389 e. The first kappa shape index (κ1) is 11.5. The Balaban J connectivity index is 1.94. The normalized spacial score (nSPS) is 30.6. The molecule has 0 aromatic carbocycles. The zero-order valence-corrected chi connectivity index (χ0v) is 9.76. The maximum absolute atomic E-state index is 10.4. The van der Waals surface area contributed by atoms with E-state index in [4.69, 9.17) is 4.74 Å². The lowest BCUT2D eigenvalue weighted by Crippen LogP contribution is -2.38. The summed E-state index contributed by atoms with van der Waals surface area (Å²) in [5, 5.41) is 22.1. The Kier molecular flexibility index (Phi) is 3.20. The first-order valence-electron chi connectivity index (χ1n) is 5.59. The largest absolute Gasteiger partial charge is 0.389 e. The van der Waals surface area contributed by atoms with E-state index in [1.54, 1.807) is 14.2 Å². The average Bonchev–Trinajstić information content (AvgIpc) is 2.64. The third-order valence-electron chi connectivity index (χ3n) is 3.23. The summed E-state index contributed by atoms with van der Waals surface area (Å²) in [5.74, 6) is 0.612. The number of aromatic nitrogens is 4. The van der Waals surface area contributed by atoms with Crippen molar-refractivity contribution >= 4 is 0 Å². The predicted molar refractivity (Wildman–Crippen MR) is 56.7 cm³/mol. The Hall–Kier alpha value is -1.01. The van der Waals surface area contributed by atoms with Gasteiger partial charge in [0.25, 0.3) is 0 Å². The van der Waals surface area contributed by atoms with E-state index in [-0.39, 0.29) is 6.10 Å². The number of hydrogen-bond donors (Lipinski definition) is 1. The Bertz CT molecular complexity index is 344. The molecule has 1 aromatic rings. The van der Waals surface area contributed by atoms with Gasteiger partial charge >= 0.3 is 0 Å². The second-order valence-electron chi connectivity index (χ2n) is 4.53. The summed E-state index contributed by atoms with van der Waals surface area (Å²) in [5.41, 5.74) is -0.682. The van der Waals surface area contributed by atoms with E-state index in [2.05, 4.69) is 15.4 Å². The van der Waals surface area contributed by atoms with Gasteiger partial charge in [0.05, 0.1) is 18.8 Å². The molecule has 1 N–H and O–H groups in total. The van der Waals surface area contributed by atoms with E-state index < -0.39 is 5.60 Å². The van der Waals surface area contributed by atoms with Gasteiger partial charge in [-0.3, -0.25) is 0 Å². The third kappa shape index (κ3) is 2.56. The van der Waals surface area contributed by atoms with E-state index in [0.717, 1.165) is 25.7 Å². The lowest BCUT2D eigenvalue weighted by molar-refractivity contribution is -0.0438. The highest BCUT2D eigenvalue weighted by Gasteiger charge is 2.34. The highest BCUT2D eigenvalue weighted by Crippen LogP contribution is 2.31. The molecule has 16 heavy (non-hydrogen) atoms. The molecule has 1 aliphatic rings. The molecule has 0 aliphatic heterocycles. The van der Waals surface area contributed by atoms with Crippen LogP contribution in [0.5, 0.6) is 0 Å². The minimum absolute atomic E-state index is 0.287. The standard InChI is InChI=1S/C10H18N4O2/c1-14-12-9(11-13-14)7-10(15)5-3-8(16-2)4-6-10/h8,15H,3-7H2,1-2H3. The highest BCUT2D eigenvalue weighted by molar-refractivity contribution is 4.94. The molecule has 0 saturated heterocycles. The van der Waals surface area contributed by atoms with Gasteiger partial charge in [0, 0.05) is 13.5 Å². The van der Waals surface area contributed by atoms with E-state index >= 15 is 0 Å². The lowest BCUT2D eigenvalue weighted by Gasteiger charge is -2.34. The van der Waals surface area contributed by atoms with Gasteiger partial charge in [0.2, 0.25) is 0 Å². The second kappa shape index (κ2) is 4.47. The predicted octanol–water partition coefficient (Wildman–Crippen LogP) is 0.0727. The van der Waals surface area contributed by atoms with Crippen LogP contribution in [0.4, 0.5) is 0 Å². The number of hydrogen-bond acceptors (Lipinski definition) is 5. The van der Waals surface area contributed by atoms with Crippen LogP contribution in [-0.4, -0.2) is 44.1 Å². The van der Waals surface area contributed by atoms with Gasteiger partial charge in [0.1, 0.15) is 0 Å². The number of ether oxygens (including phenoxy) is 1. The van der Waals surface area contributed by atoms with E-state index in [1.165, 1.54) is 4.80 Å². The fourth-order valence-corrected chi connectivity index (χ4v) is 2.23. The summed E-state index contributed by atoms with van der Waals surface area (Å²) in [4.78, 5) is 1.42. The maximum Gasteiger partial charge on any atom is 0.177 e. The fourth-order valence-electron chi connectivity index (χ4n) is 2.23. The molecule has 0 unspecified atom stereocenters. The summed E-state index contributed by atoms with van der Waals surface area (Å²) in [6, 6.07) is 0. The molecule has 0 amide bonds. The van der Waals surface area contributed by atoms with Crippen molar-refractivity contribution < 1.29 is 9.84 Å². The molecule has 0 bridgehead atoms.